The maximum absolute atomic E-state index is 13.3. The number of halogens is 1. The SMILES string of the molecule is CCC(CC)S(=O)(=O)c1ccccc1F. The van der Waals surface area contributed by atoms with Crippen molar-refractivity contribution in [3.8, 4) is 0 Å². The van der Waals surface area contributed by atoms with E-state index in [1.54, 1.807) is 19.9 Å². The van der Waals surface area contributed by atoms with Gasteiger partial charge in [-0.3, -0.25) is 0 Å². The van der Waals surface area contributed by atoms with Crippen molar-refractivity contribution in [1.29, 1.82) is 0 Å². The summed E-state index contributed by atoms with van der Waals surface area (Å²) in [6.45, 7) is 3.60. The number of benzene rings is 1. The molecule has 0 radical (unpaired) electrons. The van der Waals surface area contributed by atoms with Crippen molar-refractivity contribution >= 4 is 9.84 Å². The van der Waals surface area contributed by atoms with Gasteiger partial charge in [-0.15, -0.1) is 0 Å². The van der Waals surface area contributed by atoms with E-state index in [2.05, 4.69) is 0 Å². The van der Waals surface area contributed by atoms with Gasteiger partial charge in [-0.1, -0.05) is 26.0 Å². The molecule has 0 aliphatic rings. The molecule has 0 aliphatic heterocycles. The van der Waals surface area contributed by atoms with Gasteiger partial charge in [-0.05, 0) is 25.0 Å². The highest BCUT2D eigenvalue weighted by Gasteiger charge is 2.26. The Morgan fingerprint density at radius 3 is 2.20 bits per heavy atom. The highest BCUT2D eigenvalue weighted by atomic mass is 32.2. The molecule has 0 N–H and O–H groups in total. The van der Waals surface area contributed by atoms with Crippen LogP contribution < -0.4 is 0 Å². The summed E-state index contributed by atoms with van der Waals surface area (Å²) in [6, 6.07) is 5.53. The third-order valence-electron chi connectivity index (χ3n) is 2.49. The van der Waals surface area contributed by atoms with Gasteiger partial charge >= 0.3 is 0 Å². The quantitative estimate of drug-likeness (QED) is 0.797. The summed E-state index contributed by atoms with van der Waals surface area (Å²) in [5, 5.41) is -0.491. The molecule has 0 unspecified atom stereocenters. The molecule has 0 spiro atoms. The fourth-order valence-corrected chi connectivity index (χ4v) is 3.43. The zero-order valence-corrected chi connectivity index (χ0v) is 9.72. The van der Waals surface area contributed by atoms with Gasteiger partial charge in [0.05, 0.1) is 5.25 Å². The van der Waals surface area contributed by atoms with Crippen molar-refractivity contribution in [3.05, 3.63) is 30.1 Å². The van der Waals surface area contributed by atoms with E-state index in [1.165, 1.54) is 18.2 Å². The predicted molar refractivity (Wildman–Crippen MR) is 58.0 cm³/mol. The van der Waals surface area contributed by atoms with Crippen LogP contribution in [0.2, 0.25) is 0 Å². The second kappa shape index (κ2) is 4.75. The molecule has 15 heavy (non-hydrogen) atoms. The Hall–Kier alpha value is -0.900. The minimum Gasteiger partial charge on any atom is -0.223 e. The third-order valence-corrected chi connectivity index (χ3v) is 4.98. The molecule has 0 bridgehead atoms. The Kier molecular flexibility index (Phi) is 3.85. The second-order valence-corrected chi connectivity index (χ2v) is 5.61. The summed E-state index contributed by atoms with van der Waals surface area (Å²) >= 11 is 0. The summed E-state index contributed by atoms with van der Waals surface area (Å²) in [5.74, 6) is -0.663. The first-order chi connectivity index (χ1) is 7.04. The van der Waals surface area contributed by atoms with Crippen molar-refractivity contribution in [1.82, 2.24) is 0 Å². The fraction of sp³-hybridized carbons (Fsp3) is 0.455. The molecule has 0 atom stereocenters. The van der Waals surface area contributed by atoms with Crippen molar-refractivity contribution in [3.63, 3.8) is 0 Å². The Labute approximate surface area is 90.0 Å². The van der Waals surface area contributed by atoms with Gasteiger partial charge in [0.25, 0.3) is 0 Å². The first-order valence-corrected chi connectivity index (χ1v) is 6.57. The van der Waals surface area contributed by atoms with Gasteiger partial charge in [0.1, 0.15) is 10.7 Å². The molecular formula is C11H15FO2S. The van der Waals surface area contributed by atoms with Gasteiger partial charge in [0.15, 0.2) is 9.84 Å². The topological polar surface area (TPSA) is 34.1 Å². The Morgan fingerprint density at radius 1 is 1.20 bits per heavy atom. The maximum atomic E-state index is 13.3. The van der Waals surface area contributed by atoms with E-state index in [0.717, 1.165) is 0 Å². The second-order valence-electron chi connectivity index (χ2n) is 3.41. The van der Waals surface area contributed by atoms with Crippen LogP contribution in [-0.4, -0.2) is 13.7 Å². The summed E-state index contributed by atoms with van der Waals surface area (Å²) in [7, 11) is -3.51. The molecule has 2 nitrogen and oxygen atoms in total. The highest BCUT2D eigenvalue weighted by molar-refractivity contribution is 7.92. The van der Waals surface area contributed by atoms with Gasteiger partial charge in [0.2, 0.25) is 0 Å². The van der Waals surface area contributed by atoms with E-state index < -0.39 is 20.9 Å². The summed E-state index contributed by atoms with van der Waals surface area (Å²) in [6.07, 6.45) is 1.01. The van der Waals surface area contributed by atoms with Crippen LogP contribution >= 0.6 is 0 Å². The molecule has 1 aromatic carbocycles. The first-order valence-electron chi connectivity index (χ1n) is 5.02. The fourth-order valence-electron chi connectivity index (χ4n) is 1.58. The zero-order chi connectivity index (χ0) is 11.5. The molecule has 0 amide bonds. The molecular weight excluding hydrogens is 215 g/mol. The molecule has 1 rings (SSSR count). The van der Waals surface area contributed by atoms with Crippen LogP contribution in [0.1, 0.15) is 26.7 Å². The van der Waals surface area contributed by atoms with Crippen molar-refractivity contribution < 1.29 is 12.8 Å². The maximum Gasteiger partial charge on any atom is 0.184 e. The summed E-state index contributed by atoms with van der Waals surface area (Å²) in [5.41, 5.74) is 0. The van der Waals surface area contributed by atoms with E-state index in [0.29, 0.717) is 12.8 Å². The van der Waals surface area contributed by atoms with Gasteiger partial charge in [-0.25, -0.2) is 12.8 Å². The molecule has 0 aromatic heterocycles. The lowest BCUT2D eigenvalue weighted by molar-refractivity contribution is 0.550. The number of hydrogen-bond acceptors (Lipinski definition) is 2. The molecule has 0 saturated heterocycles. The molecule has 84 valence electrons. The number of sulfone groups is 1. The van der Waals surface area contributed by atoms with Crippen LogP contribution in [0.3, 0.4) is 0 Å². The Morgan fingerprint density at radius 2 is 1.73 bits per heavy atom. The van der Waals surface area contributed by atoms with Crippen LogP contribution in [-0.2, 0) is 9.84 Å². The monoisotopic (exact) mass is 230 g/mol. The number of hydrogen-bond donors (Lipinski definition) is 0. The van der Waals surface area contributed by atoms with Crippen LogP contribution in [0, 0.1) is 5.82 Å². The van der Waals surface area contributed by atoms with E-state index in [-0.39, 0.29) is 4.90 Å². The third kappa shape index (κ3) is 2.37. The smallest absolute Gasteiger partial charge is 0.184 e. The summed E-state index contributed by atoms with van der Waals surface area (Å²) < 4.78 is 37.3. The van der Waals surface area contributed by atoms with Gasteiger partial charge < -0.3 is 0 Å². The van der Waals surface area contributed by atoms with Crippen molar-refractivity contribution in [2.75, 3.05) is 0 Å². The average Bonchev–Trinajstić information content (AvgIpc) is 2.19. The minimum atomic E-state index is -3.51. The lowest BCUT2D eigenvalue weighted by Crippen LogP contribution is -2.20. The lowest BCUT2D eigenvalue weighted by atomic mass is 10.3. The normalized spacial score (nSPS) is 12.0. The van der Waals surface area contributed by atoms with Crippen LogP contribution in [0.15, 0.2) is 29.2 Å². The lowest BCUT2D eigenvalue weighted by Gasteiger charge is -2.13. The van der Waals surface area contributed by atoms with E-state index >= 15 is 0 Å². The van der Waals surface area contributed by atoms with Gasteiger partial charge in [0, 0.05) is 0 Å². The van der Waals surface area contributed by atoms with Crippen molar-refractivity contribution in [2.24, 2.45) is 0 Å². The van der Waals surface area contributed by atoms with E-state index in [9.17, 15) is 12.8 Å². The molecule has 0 saturated carbocycles. The molecule has 0 fully saturated rings. The Bertz CT molecular complexity index is 422. The van der Waals surface area contributed by atoms with E-state index in [1.807, 2.05) is 0 Å². The minimum absolute atomic E-state index is 0.182. The van der Waals surface area contributed by atoms with Crippen LogP contribution in [0.25, 0.3) is 0 Å². The molecule has 1 aromatic rings. The average molecular weight is 230 g/mol. The highest BCUT2D eigenvalue weighted by Crippen LogP contribution is 2.22. The molecule has 0 heterocycles. The van der Waals surface area contributed by atoms with Crippen molar-refractivity contribution in [2.45, 2.75) is 36.8 Å². The first kappa shape index (κ1) is 12.2. The molecule has 4 heteroatoms. The Balaban J connectivity index is 3.23. The van der Waals surface area contributed by atoms with E-state index in [4.69, 9.17) is 0 Å². The predicted octanol–water partition coefficient (Wildman–Crippen LogP) is 2.79. The molecule has 0 aliphatic carbocycles. The largest absolute Gasteiger partial charge is 0.223 e. The zero-order valence-electron chi connectivity index (χ0n) is 8.90. The van der Waals surface area contributed by atoms with Crippen LogP contribution in [0.4, 0.5) is 4.39 Å². The summed E-state index contributed by atoms with van der Waals surface area (Å²) in [4.78, 5) is -0.182. The van der Waals surface area contributed by atoms with Crippen LogP contribution in [0.5, 0.6) is 0 Å². The van der Waals surface area contributed by atoms with Gasteiger partial charge in [-0.2, -0.15) is 0 Å². The number of rotatable bonds is 4. The standard InChI is InChI=1S/C11H15FO2S/c1-3-9(4-2)15(13,14)11-8-6-5-7-10(11)12/h5-9H,3-4H2,1-2H3.